The molecule has 0 saturated heterocycles. The van der Waals surface area contributed by atoms with Crippen molar-refractivity contribution >= 4 is 5.91 Å². The number of hydrogen-bond donors (Lipinski definition) is 2. The Bertz CT molecular complexity index is 280. The number of nitrogens with one attached hydrogen (secondary N) is 2. The molecule has 19 heavy (non-hydrogen) atoms. The van der Waals surface area contributed by atoms with Crippen LogP contribution in [0.15, 0.2) is 0 Å². The molecule has 110 valence electrons. The minimum atomic E-state index is 0.195. The number of carbonyl (C=O) groups is 1. The molecule has 0 aliphatic heterocycles. The highest BCUT2D eigenvalue weighted by molar-refractivity contribution is 5.75. The van der Waals surface area contributed by atoms with Crippen molar-refractivity contribution in [1.82, 2.24) is 10.6 Å². The predicted molar refractivity (Wildman–Crippen MR) is 79.0 cm³/mol. The first kappa shape index (κ1) is 14.8. The van der Waals surface area contributed by atoms with Crippen molar-refractivity contribution in [1.29, 1.82) is 0 Å². The maximum atomic E-state index is 11.5. The van der Waals surface area contributed by atoms with Crippen molar-refractivity contribution in [2.75, 3.05) is 13.1 Å². The van der Waals surface area contributed by atoms with E-state index in [0.717, 1.165) is 31.3 Å². The molecule has 3 heteroatoms. The maximum absolute atomic E-state index is 11.5. The van der Waals surface area contributed by atoms with Gasteiger partial charge in [-0.2, -0.15) is 0 Å². The Balaban J connectivity index is 1.60. The van der Waals surface area contributed by atoms with E-state index in [-0.39, 0.29) is 5.91 Å². The second kappa shape index (κ2) is 7.88. The summed E-state index contributed by atoms with van der Waals surface area (Å²) in [4.78, 5) is 11.5. The van der Waals surface area contributed by atoms with Gasteiger partial charge in [-0.25, -0.2) is 0 Å². The van der Waals surface area contributed by atoms with E-state index in [2.05, 4.69) is 17.6 Å². The molecule has 3 atom stereocenters. The Labute approximate surface area is 117 Å². The predicted octanol–water partition coefficient (Wildman–Crippen LogP) is 2.85. The Morgan fingerprint density at radius 2 is 1.84 bits per heavy atom. The average Bonchev–Trinajstić information content (AvgIpc) is 2.45. The molecule has 2 rings (SSSR count). The Morgan fingerprint density at radius 3 is 2.63 bits per heavy atom. The lowest BCUT2D eigenvalue weighted by molar-refractivity contribution is -0.121. The minimum absolute atomic E-state index is 0.195. The molecule has 0 bridgehead atoms. The zero-order chi connectivity index (χ0) is 13.5. The third-order valence-corrected chi connectivity index (χ3v) is 4.90. The molecule has 3 nitrogen and oxygen atoms in total. The van der Waals surface area contributed by atoms with Gasteiger partial charge in [0.15, 0.2) is 0 Å². The molecule has 0 spiro atoms. The van der Waals surface area contributed by atoms with E-state index in [9.17, 15) is 4.79 Å². The summed E-state index contributed by atoms with van der Waals surface area (Å²) < 4.78 is 0. The van der Waals surface area contributed by atoms with E-state index in [0.29, 0.717) is 12.5 Å². The van der Waals surface area contributed by atoms with Gasteiger partial charge >= 0.3 is 0 Å². The van der Waals surface area contributed by atoms with Crippen molar-refractivity contribution < 1.29 is 4.79 Å². The fraction of sp³-hybridized carbons (Fsp3) is 0.938. The Morgan fingerprint density at radius 1 is 1.05 bits per heavy atom. The van der Waals surface area contributed by atoms with Crippen molar-refractivity contribution in [3.05, 3.63) is 0 Å². The second-order valence-corrected chi connectivity index (χ2v) is 6.37. The van der Waals surface area contributed by atoms with Gasteiger partial charge in [0.2, 0.25) is 5.91 Å². The van der Waals surface area contributed by atoms with Crippen LogP contribution in [0.25, 0.3) is 0 Å². The summed E-state index contributed by atoms with van der Waals surface area (Å²) >= 11 is 0. The topological polar surface area (TPSA) is 41.1 Å². The van der Waals surface area contributed by atoms with Crippen molar-refractivity contribution in [2.24, 2.45) is 11.8 Å². The van der Waals surface area contributed by atoms with Crippen LogP contribution in [0.5, 0.6) is 0 Å². The molecule has 2 saturated carbocycles. The van der Waals surface area contributed by atoms with Gasteiger partial charge in [-0.15, -0.1) is 0 Å². The lowest BCUT2D eigenvalue weighted by atomic mass is 9.69. The third-order valence-electron chi connectivity index (χ3n) is 4.90. The van der Waals surface area contributed by atoms with E-state index in [1.54, 1.807) is 0 Å². The van der Waals surface area contributed by atoms with Crippen LogP contribution in [-0.4, -0.2) is 25.0 Å². The first-order valence-corrected chi connectivity index (χ1v) is 8.29. The number of fused-ring (bicyclic) bond motifs is 1. The van der Waals surface area contributed by atoms with Crippen LogP contribution < -0.4 is 10.6 Å². The standard InChI is InChI=1S/C16H30N2O/c1-2-10-18-16(19)9-11-17-15-8-7-13-5-3-4-6-14(13)12-15/h13-15,17H,2-12H2,1H3,(H,18,19). The van der Waals surface area contributed by atoms with E-state index in [4.69, 9.17) is 0 Å². The number of carbonyl (C=O) groups excluding carboxylic acids is 1. The smallest absolute Gasteiger partial charge is 0.221 e. The van der Waals surface area contributed by atoms with E-state index >= 15 is 0 Å². The molecule has 0 radical (unpaired) electrons. The highest BCUT2D eigenvalue weighted by Gasteiger charge is 2.31. The molecule has 0 heterocycles. The largest absolute Gasteiger partial charge is 0.356 e. The van der Waals surface area contributed by atoms with Crippen LogP contribution >= 0.6 is 0 Å². The molecule has 0 aromatic heterocycles. The minimum Gasteiger partial charge on any atom is -0.356 e. The monoisotopic (exact) mass is 266 g/mol. The van der Waals surface area contributed by atoms with Gasteiger partial charge in [0.05, 0.1) is 0 Å². The fourth-order valence-corrected chi connectivity index (χ4v) is 3.80. The fourth-order valence-electron chi connectivity index (χ4n) is 3.80. The van der Waals surface area contributed by atoms with Gasteiger partial charge in [-0.1, -0.05) is 32.6 Å². The van der Waals surface area contributed by atoms with Crippen molar-refractivity contribution in [3.63, 3.8) is 0 Å². The van der Waals surface area contributed by atoms with Crippen molar-refractivity contribution in [2.45, 2.75) is 70.8 Å². The van der Waals surface area contributed by atoms with E-state index < -0.39 is 0 Å². The zero-order valence-electron chi connectivity index (χ0n) is 12.4. The number of hydrogen-bond acceptors (Lipinski definition) is 2. The zero-order valence-corrected chi connectivity index (χ0v) is 12.4. The van der Waals surface area contributed by atoms with Crippen LogP contribution in [-0.2, 0) is 4.79 Å². The van der Waals surface area contributed by atoms with Crippen LogP contribution in [0, 0.1) is 11.8 Å². The number of rotatable bonds is 6. The molecule has 2 aliphatic carbocycles. The summed E-state index contributed by atoms with van der Waals surface area (Å²) in [5.74, 6) is 2.18. The molecule has 0 aromatic carbocycles. The normalized spacial score (nSPS) is 30.7. The maximum Gasteiger partial charge on any atom is 0.221 e. The van der Waals surface area contributed by atoms with Crippen LogP contribution in [0.4, 0.5) is 0 Å². The summed E-state index contributed by atoms with van der Waals surface area (Å²) in [5, 5.41) is 6.54. The molecule has 0 aromatic rings. The summed E-state index contributed by atoms with van der Waals surface area (Å²) in [6, 6.07) is 0.665. The van der Waals surface area contributed by atoms with Gasteiger partial charge in [0.1, 0.15) is 0 Å². The first-order valence-electron chi connectivity index (χ1n) is 8.29. The summed E-state index contributed by atoms with van der Waals surface area (Å²) in [7, 11) is 0. The quantitative estimate of drug-likeness (QED) is 0.776. The van der Waals surface area contributed by atoms with Crippen LogP contribution in [0.1, 0.15) is 64.7 Å². The van der Waals surface area contributed by atoms with Crippen LogP contribution in [0.2, 0.25) is 0 Å². The second-order valence-electron chi connectivity index (χ2n) is 6.37. The summed E-state index contributed by atoms with van der Waals surface area (Å²) in [5.41, 5.74) is 0. The van der Waals surface area contributed by atoms with Gasteiger partial charge in [-0.3, -0.25) is 4.79 Å². The number of amides is 1. The first-order chi connectivity index (χ1) is 9.29. The lowest BCUT2D eigenvalue weighted by Crippen LogP contribution is -2.40. The average molecular weight is 266 g/mol. The molecule has 2 fully saturated rings. The third kappa shape index (κ3) is 4.79. The SMILES string of the molecule is CCCNC(=O)CCNC1CCC2CCCCC2C1. The molecule has 2 aliphatic rings. The van der Waals surface area contributed by atoms with E-state index in [1.807, 2.05) is 0 Å². The highest BCUT2D eigenvalue weighted by Crippen LogP contribution is 2.40. The molecule has 1 amide bonds. The lowest BCUT2D eigenvalue weighted by Gasteiger charge is -2.39. The van der Waals surface area contributed by atoms with Gasteiger partial charge in [0, 0.05) is 25.6 Å². The molecule has 2 N–H and O–H groups in total. The summed E-state index contributed by atoms with van der Waals surface area (Å²) in [6.07, 6.45) is 11.5. The molecule has 3 unspecified atom stereocenters. The molecular weight excluding hydrogens is 236 g/mol. The van der Waals surface area contributed by atoms with Gasteiger partial charge < -0.3 is 10.6 Å². The van der Waals surface area contributed by atoms with Crippen LogP contribution in [0.3, 0.4) is 0 Å². The van der Waals surface area contributed by atoms with E-state index in [1.165, 1.54) is 44.9 Å². The highest BCUT2D eigenvalue weighted by atomic mass is 16.1. The summed E-state index contributed by atoms with van der Waals surface area (Å²) in [6.45, 7) is 3.74. The van der Waals surface area contributed by atoms with Gasteiger partial charge in [-0.05, 0) is 37.5 Å². The van der Waals surface area contributed by atoms with Crippen molar-refractivity contribution in [3.8, 4) is 0 Å². The van der Waals surface area contributed by atoms with Gasteiger partial charge in [0.25, 0.3) is 0 Å². The Hall–Kier alpha value is -0.570. The molecular formula is C16H30N2O. The Kier molecular flexibility index (Phi) is 6.15.